The second-order valence-electron chi connectivity index (χ2n) is 10.6. The molecule has 0 unspecified atom stereocenters. The molecule has 2 aliphatic heterocycles. The van der Waals surface area contributed by atoms with Gasteiger partial charge in [0.15, 0.2) is 5.82 Å². The normalized spacial score (nSPS) is 17.7. The molecule has 42 heavy (non-hydrogen) atoms. The molecule has 11 heteroatoms. The van der Waals surface area contributed by atoms with Crippen molar-refractivity contribution in [3.05, 3.63) is 88.2 Å². The van der Waals surface area contributed by atoms with E-state index in [1.165, 1.54) is 12.1 Å². The lowest BCUT2D eigenvalue weighted by Crippen LogP contribution is -2.39. The highest BCUT2D eigenvalue weighted by molar-refractivity contribution is 6.30. The fourth-order valence-electron chi connectivity index (χ4n) is 5.32. The van der Waals surface area contributed by atoms with Crippen LogP contribution in [0.15, 0.2) is 54.6 Å². The molecule has 1 aromatic heterocycles. The topological polar surface area (TPSA) is 86.0 Å². The van der Waals surface area contributed by atoms with Gasteiger partial charge in [0, 0.05) is 36.3 Å². The predicted molar refractivity (Wildman–Crippen MR) is 152 cm³/mol. The van der Waals surface area contributed by atoms with E-state index in [-0.39, 0.29) is 29.9 Å². The quantitative estimate of drug-likeness (QED) is 0.237. The maximum absolute atomic E-state index is 14.8. The Morgan fingerprint density at radius 3 is 2.55 bits per heavy atom. The van der Waals surface area contributed by atoms with Crippen LogP contribution >= 0.6 is 11.6 Å². The number of piperidine rings is 1. The first-order valence-electron chi connectivity index (χ1n) is 13.9. The van der Waals surface area contributed by atoms with Crippen molar-refractivity contribution in [2.75, 3.05) is 19.7 Å². The van der Waals surface area contributed by atoms with Gasteiger partial charge in [-0.1, -0.05) is 23.7 Å². The zero-order valence-corrected chi connectivity index (χ0v) is 23.5. The summed E-state index contributed by atoms with van der Waals surface area (Å²) >= 11 is 5.83. The van der Waals surface area contributed by atoms with Gasteiger partial charge in [-0.25, -0.2) is 18.6 Å². The molecule has 2 saturated heterocycles. The number of halogens is 3. The summed E-state index contributed by atoms with van der Waals surface area (Å²) in [6.45, 7) is 3.26. The van der Waals surface area contributed by atoms with E-state index in [1.54, 1.807) is 24.3 Å². The third kappa shape index (κ3) is 6.35. The van der Waals surface area contributed by atoms with Gasteiger partial charge in [-0.2, -0.15) is 0 Å². The summed E-state index contributed by atoms with van der Waals surface area (Å²) < 4.78 is 48.5. The minimum absolute atomic E-state index is 0.00166. The Balaban J connectivity index is 1.08. The Morgan fingerprint density at radius 1 is 1.05 bits per heavy atom. The number of ether oxygens (including phenoxy) is 3. The number of rotatable bonds is 10. The number of hydrogen-bond donors (Lipinski definition) is 1. The SMILES string of the molecule is O=C(O)c1cc(F)c2nc(CN3CCC(Oc4cccc(OCc5ccc(Cl)cc5F)c4)CC3)n(C[C@@H]3CCO3)c2c1. The predicted octanol–water partition coefficient (Wildman–Crippen LogP) is 6.08. The molecule has 2 fully saturated rings. The summed E-state index contributed by atoms with van der Waals surface area (Å²) in [6.07, 6.45) is 2.47. The van der Waals surface area contributed by atoms with E-state index in [0.29, 0.717) is 53.1 Å². The first-order valence-corrected chi connectivity index (χ1v) is 14.3. The smallest absolute Gasteiger partial charge is 0.335 e. The second-order valence-corrected chi connectivity index (χ2v) is 11.1. The molecule has 8 nitrogen and oxygen atoms in total. The highest BCUT2D eigenvalue weighted by atomic mass is 35.5. The maximum atomic E-state index is 14.8. The highest BCUT2D eigenvalue weighted by Gasteiger charge is 2.27. The highest BCUT2D eigenvalue weighted by Crippen LogP contribution is 2.28. The molecule has 0 bridgehead atoms. The Bertz CT molecular complexity index is 1600. The molecule has 3 aromatic carbocycles. The zero-order chi connectivity index (χ0) is 29.2. The average Bonchev–Trinajstić information content (AvgIpc) is 3.28. The molecule has 6 rings (SSSR count). The van der Waals surface area contributed by atoms with Crippen LogP contribution in [-0.2, 0) is 24.4 Å². The van der Waals surface area contributed by atoms with Crippen LogP contribution in [0.3, 0.4) is 0 Å². The molecule has 3 heterocycles. The fourth-order valence-corrected chi connectivity index (χ4v) is 5.48. The molecular formula is C31H30ClF2N3O5. The fraction of sp³-hybridized carbons (Fsp3) is 0.355. The van der Waals surface area contributed by atoms with Crippen LogP contribution in [0.4, 0.5) is 8.78 Å². The van der Waals surface area contributed by atoms with E-state index >= 15 is 0 Å². The lowest BCUT2D eigenvalue weighted by atomic mass is 10.1. The molecule has 1 atom stereocenters. The van der Waals surface area contributed by atoms with Crippen molar-refractivity contribution in [2.45, 2.75) is 51.2 Å². The van der Waals surface area contributed by atoms with Gasteiger partial charge in [-0.15, -0.1) is 0 Å². The number of likely N-dealkylation sites (tertiary alicyclic amines) is 1. The van der Waals surface area contributed by atoms with E-state index in [1.807, 2.05) is 16.7 Å². The number of nitrogens with zero attached hydrogens (tertiary/aromatic N) is 3. The number of carboxylic acid groups (broad SMARTS) is 1. The van der Waals surface area contributed by atoms with Crippen molar-refractivity contribution in [2.24, 2.45) is 0 Å². The summed E-state index contributed by atoms with van der Waals surface area (Å²) in [5.74, 6) is -0.302. The Kier molecular flexibility index (Phi) is 8.28. The molecular weight excluding hydrogens is 568 g/mol. The van der Waals surface area contributed by atoms with E-state index in [9.17, 15) is 18.7 Å². The number of fused-ring (bicyclic) bond motifs is 1. The van der Waals surface area contributed by atoms with E-state index < -0.39 is 17.6 Å². The summed E-state index contributed by atoms with van der Waals surface area (Å²) in [5.41, 5.74) is 0.953. The van der Waals surface area contributed by atoms with Crippen LogP contribution in [0.5, 0.6) is 11.5 Å². The lowest BCUT2D eigenvalue weighted by Gasteiger charge is -2.32. The van der Waals surface area contributed by atoms with Gasteiger partial charge in [-0.3, -0.25) is 4.90 Å². The first-order chi connectivity index (χ1) is 20.3. The van der Waals surface area contributed by atoms with Crippen LogP contribution in [-0.4, -0.2) is 57.4 Å². The van der Waals surface area contributed by atoms with Gasteiger partial charge < -0.3 is 23.9 Å². The van der Waals surface area contributed by atoms with Gasteiger partial charge in [0.1, 0.15) is 41.4 Å². The van der Waals surface area contributed by atoms with Crippen molar-refractivity contribution < 1.29 is 32.9 Å². The van der Waals surface area contributed by atoms with Gasteiger partial charge in [-0.05, 0) is 55.7 Å². The molecule has 4 aromatic rings. The number of aromatic carboxylic acids is 1. The van der Waals surface area contributed by atoms with Crippen LogP contribution in [0.2, 0.25) is 5.02 Å². The van der Waals surface area contributed by atoms with E-state index in [0.717, 1.165) is 38.4 Å². The minimum atomic E-state index is -1.18. The van der Waals surface area contributed by atoms with Gasteiger partial charge in [0.25, 0.3) is 0 Å². The zero-order valence-electron chi connectivity index (χ0n) is 22.8. The Hall–Kier alpha value is -3.73. The van der Waals surface area contributed by atoms with Crippen molar-refractivity contribution in [1.82, 2.24) is 14.5 Å². The molecule has 1 N–H and O–H groups in total. The summed E-state index contributed by atoms with van der Waals surface area (Å²) in [6, 6.07) is 14.3. The standard InChI is InChI=1S/C31H30ClF2N3O5/c32-21-5-4-19(26(33)14-21)18-41-23-2-1-3-24(15-23)42-22-6-9-36(10-7-22)17-29-35-30-27(34)12-20(31(38)39)13-28(30)37(29)16-25-8-11-40-25/h1-5,12-15,22,25H,6-11,16-18H2,(H,38,39)/t25-/m0/s1. The Labute approximate surface area is 246 Å². The number of aromatic nitrogens is 2. The number of hydrogen-bond acceptors (Lipinski definition) is 6. The third-order valence-electron chi connectivity index (χ3n) is 7.73. The van der Waals surface area contributed by atoms with Gasteiger partial charge in [0.05, 0.1) is 30.3 Å². The van der Waals surface area contributed by atoms with E-state index in [4.69, 9.17) is 25.8 Å². The first kappa shape index (κ1) is 28.4. The lowest BCUT2D eigenvalue weighted by molar-refractivity contribution is -0.0592. The second kappa shape index (κ2) is 12.2. The number of benzene rings is 3. The van der Waals surface area contributed by atoms with Gasteiger partial charge in [0.2, 0.25) is 0 Å². The van der Waals surface area contributed by atoms with Crippen LogP contribution in [0, 0.1) is 11.6 Å². The average molecular weight is 598 g/mol. The molecule has 0 amide bonds. The maximum Gasteiger partial charge on any atom is 0.335 e. The molecule has 0 radical (unpaired) electrons. The van der Waals surface area contributed by atoms with Crippen molar-refractivity contribution >= 4 is 28.6 Å². The number of carbonyl (C=O) groups is 1. The molecule has 0 aliphatic carbocycles. The number of imidazole rings is 1. The van der Waals surface area contributed by atoms with Crippen LogP contribution < -0.4 is 9.47 Å². The largest absolute Gasteiger partial charge is 0.490 e. The molecule has 0 saturated carbocycles. The minimum Gasteiger partial charge on any atom is -0.490 e. The van der Waals surface area contributed by atoms with Crippen LogP contribution in [0.25, 0.3) is 11.0 Å². The monoisotopic (exact) mass is 597 g/mol. The van der Waals surface area contributed by atoms with Crippen LogP contribution in [0.1, 0.15) is 41.0 Å². The van der Waals surface area contributed by atoms with Crippen molar-refractivity contribution in [3.8, 4) is 11.5 Å². The molecule has 0 spiro atoms. The summed E-state index contributed by atoms with van der Waals surface area (Å²) in [7, 11) is 0. The summed E-state index contributed by atoms with van der Waals surface area (Å²) in [4.78, 5) is 18.4. The Morgan fingerprint density at radius 2 is 1.83 bits per heavy atom. The van der Waals surface area contributed by atoms with Crippen molar-refractivity contribution in [1.29, 1.82) is 0 Å². The van der Waals surface area contributed by atoms with Crippen molar-refractivity contribution in [3.63, 3.8) is 0 Å². The number of carboxylic acids is 1. The third-order valence-corrected chi connectivity index (χ3v) is 7.97. The van der Waals surface area contributed by atoms with Gasteiger partial charge >= 0.3 is 5.97 Å². The molecule has 2 aliphatic rings. The van der Waals surface area contributed by atoms with E-state index in [2.05, 4.69) is 9.88 Å². The molecule has 220 valence electrons. The summed E-state index contributed by atoms with van der Waals surface area (Å²) in [5, 5.41) is 9.77.